The first-order chi connectivity index (χ1) is 7.99. The van der Waals surface area contributed by atoms with Crippen molar-refractivity contribution in [3.63, 3.8) is 0 Å². The maximum atomic E-state index is 12.4. The van der Waals surface area contributed by atoms with Crippen molar-refractivity contribution in [3.05, 3.63) is 51.3 Å². The van der Waals surface area contributed by atoms with Gasteiger partial charge in [-0.15, -0.1) is 0 Å². The van der Waals surface area contributed by atoms with Gasteiger partial charge in [0.1, 0.15) is 5.69 Å². The number of aromatic nitrogens is 2. The summed E-state index contributed by atoms with van der Waals surface area (Å²) in [6, 6.07) is 5.85. The molecule has 0 spiro atoms. The van der Waals surface area contributed by atoms with Crippen LogP contribution in [0.4, 0.5) is 0 Å². The average molecular weight is 293 g/mol. The molecule has 0 aliphatic heterocycles. The van der Waals surface area contributed by atoms with Crippen molar-refractivity contribution in [2.75, 3.05) is 0 Å². The van der Waals surface area contributed by atoms with Gasteiger partial charge in [-0.05, 0) is 41.9 Å². The van der Waals surface area contributed by atoms with Crippen molar-refractivity contribution in [3.8, 4) is 0 Å². The number of hydrogen-bond donors (Lipinski definition) is 0. The predicted octanol–water partition coefficient (Wildman–Crippen LogP) is 3.03. The van der Waals surface area contributed by atoms with Gasteiger partial charge in [0.15, 0.2) is 0 Å². The van der Waals surface area contributed by atoms with E-state index >= 15 is 0 Å². The number of rotatable bonds is 2. The summed E-state index contributed by atoms with van der Waals surface area (Å²) < 4.78 is 2.31. The number of halogens is 1. The van der Waals surface area contributed by atoms with E-state index < -0.39 is 0 Å². The minimum Gasteiger partial charge on any atom is -0.287 e. The molecular formula is C13H13BrN2O. The van der Waals surface area contributed by atoms with Gasteiger partial charge in [-0.2, -0.15) is 5.10 Å². The van der Waals surface area contributed by atoms with E-state index in [9.17, 15) is 4.79 Å². The Morgan fingerprint density at radius 1 is 1.24 bits per heavy atom. The second-order valence-corrected chi connectivity index (χ2v) is 5.02. The van der Waals surface area contributed by atoms with Crippen LogP contribution >= 0.6 is 15.9 Å². The number of hydrogen-bond acceptors (Lipinski definition) is 2. The van der Waals surface area contributed by atoms with Crippen LogP contribution in [-0.4, -0.2) is 15.6 Å². The molecular weight excluding hydrogens is 280 g/mol. The van der Waals surface area contributed by atoms with Crippen LogP contribution in [0.15, 0.2) is 28.9 Å². The minimum absolute atomic E-state index is 0.0105. The van der Waals surface area contributed by atoms with Gasteiger partial charge in [-0.25, -0.2) is 0 Å². The maximum Gasteiger partial charge on any atom is 0.212 e. The van der Waals surface area contributed by atoms with Crippen LogP contribution < -0.4 is 0 Å². The lowest BCUT2D eigenvalue weighted by atomic mass is 10.0. The van der Waals surface area contributed by atoms with Crippen molar-refractivity contribution in [2.24, 2.45) is 7.05 Å². The Bertz CT molecular complexity index is 547. The molecule has 88 valence electrons. The maximum absolute atomic E-state index is 12.4. The lowest BCUT2D eigenvalue weighted by molar-refractivity contribution is 0.102. The standard InChI is InChI=1S/C13H13BrN2O/c1-8-4-9(2)6-10(5-8)13(17)12-11(14)7-15-16(12)3/h4-7H,1-3H3. The summed E-state index contributed by atoms with van der Waals surface area (Å²) in [5.41, 5.74) is 3.46. The van der Waals surface area contributed by atoms with E-state index in [1.54, 1.807) is 17.9 Å². The highest BCUT2D eigenvalue weighted by Gasteiger charge is 2.17. The van der Waals surface area contributed by atoms with Gasteiger partial charge in [0.25, 0.3) is 0 Å². The van der Waals surface area contributed by atoms with Gasteiger partial charge in [-0.3, -0.25) is 9.48 Å². The quantitative estimate of drug-likeness (QED) is 0.798. The first kappa shape index (κ1) is 12.0. The monoisotopic (exact) mass is 292 g/mol. The Kier molecular flexibility index (Phi) is 3.15. The largest absolute Gasteiger partial charge is 0.287 e. The van der Waals surface area contributed by atoms with E-state index in [-0.39, 0.29) is 5.78 Å². The van der Waals surface area contributed by atoms with Crippen LogP contribution in [0.3, 0.4) is 0 Å². The average Bonchev–Trinajstić information content (AvgIpc) is 2.56. The first-order valence-electron chi connectivity index (χ1n) is 5.29. The molecule has 1 aromatic heterocycles. The highest BCUT2D eigenvalue weighted by molar-refractivity contribution is 9.10. The minimum atomic E-state index is -0.0105. The molecule has 0 fully saturated rings. The predicted molar refractivity (Wildman–Crippen MR) is 70.3 cm³/mol. The van der Waals surface area contributed by atoms with Gasteiger partial charge < -0.3 is 0 Å². The summed E-state index contributed by atoms with van der Waals surface area (Å²) in [7, 11) is 1.76. The third kappa shape index (κ3) is 2.31. The Balaban J connectivity index is 2.51. The zero-order valence-corrected chi connectivity index (χ0v) is 11.6. The number of ketones is 1. The molecule has 0 aliphatic carbocycles. The van der Waals surface area contributed by atoms with Crippen molar-refractivity contribution in [1.82, 2.24) is 9.78 Å². The van der Waals surface area contributed by atoms with E-state index in [0.717, 1.165) is 15.6 Å². The molecule has 2 aromatic rings. The third-order valence-corrected chi connectivity index (χ3v) is 3.17. The van der Waals surface area contributed by atoms with Crippen LogP contribution in [0.2, 0.25) is 0 Å². The number of nitrogens with zero attached hydrogens (tertiary/aromatic N) is 2. The van der Waals surface area contributed by atoms with E-state index in [4.69, 9.17) is 0 Å². The fraction of sp³-hybridized carbons (Fsp3) is 0.231. The Morgan fingerprint density at radius 3 is 2.29 bits per heavy atom. The number of carbonyl (C=O) groups is 1. The molecule has 0 bridgehead atoms. The smallest absolute Gasteiger partial charge is 0.212 e. The molecule has 4 heteroatoms. The van der Waals surface area contributed by atoms with E-state index in [1.807, 2.05) is 26.0 Å². The molecule has 1 heterocycles. The van der Waals surface area contributed by atoms with Gasteiger partial charge >= 0.3 is 0 Å². The molecule has 0 aliphatic rings. The Labute approximate surface area is 109 Å². The third-order valence-electron chi connectivity index (χ3n) is 2.59. The normalized spacial score (nSPS) is 10.6. The fourth-order valence-corrected chi connectivity index (χ4v) is 2.44. The summed E-state index contributed by atoms with van der Waals surface area (Å²) >= 11 is 3.35. The summed E-state index contributed by atoms with van der Waals surface area (Å²) in [5.74, 6) is -0.0105. The number of benzene rings is 1. The SMILES string of the molecule is Cc1cc(C)cc(C(=O)c2c(Br)cnn2C)c1. The number of carbonyl (C=O) groups excluding carboxylic acids is 1. The molecule has 2 rings (SSSR count). The van der Waals surface area contributed by atoms with Gasteiger partial charge in [0, 0.05) is 12.6 Å². The Hall–Kier alpha value is -1.42. The van der Waals surface area contributed by atoms with Crippen molar-refractivity contribution in [1.29, 1.82) is 0 Å². The zero-order chi connectivity index (χ0) is 12.6. The topological polar surface area (TPSA) is 34.9 Å². The molecule has 0 radical (unpaired) electrons. The summed E-state index contributed by atoms with van der Waals surface area (Å²) in [6.07, 6.45) is 1.63. The molecule has 3 nitrogen and oxygen atoms in total. The van der Waals surface area contributed by atoms with Gasteiger partial charge in [0.05, 0.1) is 10.7 Å². The molecule has 0 saturated heterocycles. The van der Waals surface area contributed by atoms with Crippen molar-refractivity contribution in [2.45, 2.75) is 13.8 Å². The summed E-state index contributed by atoms with van der Waals surface area (Å²) in [6.45, 7) is 3.98. The molecule has 0 amide bonds. The van der Waals surface area contributed by atoms with E-state index in [2.05, 4.69) is 27.1 Å². The lowest BCUT2D eigenvalue weighted by Crippen LogP contribution is -2.09. The highest BCUT2D eigenvalue weighted by atomic mass is 79.9. The molecule has 17 heavy (non-hydrogen) atoms. The Morgan fingerprint density at radius 2 is 1.82 bits per heavy atom. The zero-order valence-electron chi connectivity index (χ0n) is 9.99. The van der Waals surface area contributed by atoms with E-state index in [0.29, 0.717) is 11.3 Å². The van der Waals surface area contributed by atoms with Crippen LogP contribution in [0.25, 0.3) is 0 Å². The molecule has 0 N–H and O–H groups in total. The van der Waals surface area contributed by atoms with Gasteiger partial charge in [0.2, 0.25) is 5.78 Å². The fourth-order valence-electron chi connectivity index (χ4n) is 1.91. The van der Waals surface area contributed by atoms with Crippen LogP contribution in [0.1, 0.15) is 27.2 Å². The van der Waals surface area contributed by atoms with Gasteiger partial charge in [-0.1, -0.05) is 17.2 Å². The molecule has 0 saturated carbocycles. The molecule has 0 unspecified atom stereocenters. The van der Waals surface area contributed by atoms with Crippen LogP contribution in [0, 0.1) is 13.8 Å². The number of aryl methyl sites for hydroxylation is 3. The first-order valence-corrected chi connectivity index (χ1v) is 6.09. The van der Waals surface area contributed by atoms with Crippen LogP contribution in [-0.2, 0) is 7.05 Å². The second kappa shape index (κ2) is 4.45. The van der Waals surface area contributed by atoms with Crippen molar-refractivity contribution < 1.29 is 4.79 Å². The van der Waals surface area contributed by atoms with E-state index in [1.165, 1.54) is 0 Å². The second-order valence-electron chi connectivity index (χ2n) is 4.17. The summed E-state index contributed by atoms with van der Waals surface area (Å²) in [5, 5.41) is 4.06. The lowest BCUT2D eigenvalue weighted by Gasteiger charge is -2.05. The highest BCUT2D eigenvalue weighted by Crippen LogP contribution is 2.20. The van der Waals surface area contributed by atoms with Crippen LogP contribution in [0.5, 0.6) is 0 Å². The molecule has 1 aromatic carbocycles. The van der Waals surface area contributed by atoms with Crippen molar-refractivity contribution >= 4 is 21.7 Å². The molecule has 0 atom stereocenters. The summed E-state index contributed by atoms with van der Waals surface area (Å²) in [4.78, 5) is 12.4.